The molecule has 0 aliphatic carbocycles. The molecule has 1 aromatic rings. The molecule has 1 rings (SSSR count). The molecular formula is C9H11N. The highest BCUT2D eigenvalue weighted by molar-refractivity contribution is 5.51. The minimum atomic E-state index is 1.13. The summed E-state index contributed by atoms with van der Waals surface area (Å²) in [6.45, 7) is 7.82. The van der Waals surface area contributed by atoms with Crippen LogP contribution in [0.15, 0.2) is 19.0 Å². The smallest absolute Gasteiger partial charge is 0.0342 e. The molecule has 1 nitrogen and oxygen atoms in total. The summed E-state index contributed by atoms with van der Waals surface area (Å²) in [5.41, 5.74) is 3.61. The lowest BCUT2D eigenvalue weighted by Crippen LogP contribution is -1.86. The molecule has 0 unspecified atom stereocenters. The number of hydrogen-bond acceptors (Lipinski definition) is 1. The van der Waals surface area contributed by atoms with Crippen molar-refractivity contribution >= 4 is 6.08 Å². The highest BCUT2D eigenvalue weighted by Crippen LogP contribution is 2.10. The lowest BCUT2D eigenvalue weighted by molar-refractivity contribution is 1.20. The molecule has 52 valence electrons. The van der Waals surface area contributed by atoms with E-state index in [0.717, 1.165) is 5.56 Å². The summed E-state index contributed by atoms with van der Waals surface area (Å²) in [5, 5.41) is 0. The van der Waals surface area contributed by atoms with E-state index >= 15 is 0 Å². The maximum Gasteiger partial charge on any atom is 0.0342 e. The molecule has 1 heteroatoms. The average molecular weight is 133 g/mol. The number of pyridine rings is 1. The third-order valence-electron chi connectivity index (χ3n) is 1.73. The summed E-state index contributed by atoms with van der Waals surface area (Å²) < 4.78 is 0. The van der Waals surface area contributed by atoms with Crippen LogP contribution in [0.25, 0.3) is 6.08 Å². The van der Waals surface area contributed by atoms with Crippen LogP contribution in [-0.2, 0) is 0 Å². The van der Waals surface area contributed by atoms with Gasteiger partial charge in [0.1, 0.15) is 0 Å². The van der Waals surface area contributed by atoms with Crippen LogP contribution in [-0.4, -0.2) is 4.98 Å². The van der Waals surface area contributed by atoms with Crippen molar-refractivity contribution in [3.05, 3.63) is 35.7 Å². The highest BCUT2D eigenvalue weighted by atomic mass is 14.6. The molecule has 10 heavy (non-hydrogen) atoms. The Bertz CT molecular complexity index is 251. The minimum Gasteiger partial charge on any atom is -0.264 e. The topological polar surface area (TPSA) is 12.9 Å². The molecule has 0 aromatic carbocycles. The first-order valence-electron chi connectivity index (χ1n) is 3.29. The van der Waals surface area contributed by atoms with Gasteiger partial charge in [0.25, 0.3) is 0 Å². The Hall–Kier alpha value is -1.11. The fourth-order valence-corrected chi connectivity index (χ4v) is 0.856. The largest absolute Gasteiger partial charge is 0.264 e. The molecule has 0 aliphatic rings. The fraction of sp³-hybridized carbons (Fsp3) is 0.222. The first-order valence-corrected chi connectivity index (χ1v) is 3.29. The zero-order chi connectivity index (χ0) is 7.56. The number of hydrogen-bond donors (Lipinski definition) is 0. The van der Waals surface area contributed by atoms with Gasteiger partial charge in [-0.1, -0.05) is 12.7 Å². The molecule has 0 spiro atoms. The number of aryl methyl sites for hydroxylation is 1. The third-order valence-corrected chi connectivity index (χ3v) is 1.73. The Morgan fingerprint density at radius 1 is 1.40 bits per heavy atom. The molecule has 0 saturated heterocycles. The van der Waals surface area contributed by atoms with E-state index in [1.807, 2.05) is 18.5 Å². The van der Waals surface area contributed by atoms with E-state index in [0.29, 0.717) is 0 Å². The van der Waals surface area contributed by atoms with Gasteiger partial charge in [-0.3, -0.25) is 4.98 Å². The quantitative estimate of drug-likeness (QED) is 0.573. The van der Waals surface area contributed by atoms with Gasteiger partial charge >= 0.3 is 0 Å². The molecule has 0 N–H and O–H groups in total. The van der Waals surface area contributed by atoms with Crippen LogP contribution in [0.1, 0.15) is 16.7 Å². The van der Waals surface area contributed by atoms with Crippen molar-refractivity contribution in [2.75, 3.05) is 0 Å². The highest BCUT2D eigenvalue weighted by Gasteiger charge is 1.95. The van der Waals surface area contributed by atoms with Crippen molar-refractivity contribution in [3.63, 3.8) is 0 Å². The van der Waals surface area contributed by atoms with Crippen molar-refractivity contribution in [3.8, 4) is 0 Å². The standard InChI is InChI=1S/C9H11N/c1-4-9-6-10-5-7(2)8(9)3/h4-6H,1H2,2-3H3. The molecule has 0 amide bonds. The molecule has 0 atom stereocenters. The van der Waals surface area contributed by atoms with Gasteiger partial charge in [-0.25, -0.2) is 0 Å². The van der Waals surface area contributed by atoms with Crippen LogP contribution in [0.4, 0.5) is 0 Å². The van der Waals surface area contributed by atoms with Gasteiger partial charge in [0.05, 0.1) is 0 Å². The molecule has 0 bridgehead atoms. The van der Waals surface area contributed by atoms with Crippen molar-refractivity contribution in [2.24, 2.45) is 0 Å². The Kier molecular flexibility index (Phi) is 1.86. The SMILES string of the molecule is C=Cc1cncc(C)c1C. The van der Waals surface area contributed by atoms with E-state index in [4.69, 9.17) is 0 Å². The average Bonchev–Trinajstić information content (AvgIpc) is 1.95. The summed E-state index contributed by atoms with van der Waals surface area (Å²) >= 11 is 0. The predicted octanol–water partition coefficient (Wildman–Crippen LogP) is 2.34. The summed E-state index contributed by atoms with van der Waals surface area (Å²) in [7, 11) is 0. The Labute approximate surface area is 61.4 Å². The molecule has 1 heterocycles. The van der Waals surface area contributed by atoms with E-state index in [-0.39, 0.29) is 0 Å². The van der Waals surface area contributed by atoms with E-state index in [2.05, 4.69) is 25.4 Å². The first kappa shape index (κ1) is 7.00. The fourth-order valence-electron chi connectivity index (χ4n) is 0.856. The molecular weight excluding hydrogens is 122 g/mol. The first-order chi connectivity index (χ1) is 4.75. The Balaban J connectivity index is 3.27. The van der Waals surface area contributed by atoms with Gasteiger partial charge in [-0.15, -0.1) is 0 Å². The second kappa shape index (κ2) is 2.65. The second-order valence-electron chi connectivity index (χ2n) is 2.37. The van der Waals surface area contributed by atoms with Crippen molar-refractivity contribution in [1.29, 1.82) is 0 Å². The Morgan fingerprint density at radius 3 is 2.60 bits per heavy atom. The van der Waals surface area contributed by atoms with Gasteiger partial charge in [0.2, 0.25) is 0 Å². The zero-order valence-electron chi connectivity index (χ0n) is 6.39. The van der Waals surface area contributed by atoms with Crippen LogP contribution in [0.2, 0.25) is 0 Å². The Morgan fingerprint density at radius 2 is 2.10 bits per heavy atom. The zero-order valence-corrected chi connectivity index (χ0v) is 6.39. The monoisotopic (exact) mass is 133 g/mol. The van der Waals surface area contributed by atoms with E-state index in [1.54, 1.807) is 0 Å². The van der Waals surface area contributed by atoms with Gasteiger partial charge in [-0.05, 0) is 30.5 Å². The van der Waals surface area contributed by atoms with Crippen molar-refractivity contribution < 1.29 is 0 Å². The molecule has 0 fully saturated rings. The normalized spacial score (nSPS) is 9.40. The molecule has 0 aliphatic heterocycles. The molecule has 1 aromatic heterocycles. The predicted molar refractivity (Wildman–Crippen MR) is 43.8 cm³/mol. The number of nitrogens with zero attached hydrogens (tertiary/aromatic N) is 1. The lowest BCUT2D eigenvalue weighted by atomic mass is 10.1. The van der Waals surface area contributed by atoms with Crippen LogP contribution in [0.5, 0.6) is 0 Å². The van der Waals surface area contributed by atoms with Crippen molar-refractivity contribution in [2.45, 2.75) is 13.8 Å². The summed E-state index contributed by atoms with van der Waals surface area (Å²) in [4.78, 5) is 4.04. The van der Waals surface area contributed by atoms with Crippen LogP contribution in [0, 0.1) is 13.8 Å². The molecule has 0 saturated carbocycles. The third kappa shape index (κ3) is 1.08. The van der Waals surface area contributed by atoms with Gasteiger partial charge in [0.15, 0.2) is 0 Å². The van der Waals surface area contributed by atoms with E-state index in [1.165, 1.54) is 11.1 Å². The van der Waals surface area contributed by atoms with Crippen LogP contribution < -0.4 is 0 Å². The van der Waals surface area contributed by atoms with Gasteiger partial charge in [-0.2, -0.15) is 0 Å². The number of aromatic nitrogens is 1. The minimum absolute atomic E-state index is 1.13. The number of rotatable bonds is 1. The van der Waals surface area contributed by atoms with E-state index in [9.17, 15) is 0 Å². The van der Waals surface area contributed by atoms with Crippen molar-refractivity contribution in [1.82, 2.24) is 4.98 Å². The summed E-state index contributed by atoms with van der Waals surface area (Å²) in [5.74, 6) is 0. The van der Waals surface area contributed by atoms with Gasteiger partial charge < -0.3 is 0 Å². The van der Waals surface area contributed by atoms with Crippen LogP contribution >= 0.6 is 0 Å². The lowest BCUT2D eigenvalue weighted by Gasteiger charge is -2.00. The van der Waals surface area contributed by atoms with Crippen LogP contribution in [0.3, 0.4) is 0 Å². The second-order valence-corrected chi connectivity index (χ2v) is 2.37. The van der Waals surface area contributed by atoms with E-state index < -0.39 is 0 Å². The maximum atomic E-state index is 4.04. The molecule has 0 radical (unpaired) electrons. The summed E-state index contributed by atoms with van der Waals surface area (Å²) in [6, 6.07) is 0. The van der Waals surface area contributed by atoms with Gasteiger partial charge in [0, 0.05) is 12.4 Å². The maximum absolute atomic E-state index is 4.04. The summed E-state index contributed by atoms with van der Waals surface area (Å²) in [6.07, 6.45) is 5.52.